The lowest BCUT2D eigenvalue weighted by Crippen LogP contribution is -2.49. The molecule has 9 heteroatoms. The second kappa shape index (κ2) is 11.4. The minimum Gasteiger partial charge on any atom is -0.444 e. The van der Waals surface area contributed by atoms with Crippen molar-refractivity contribution >= 4 is 23.2 Å². The lowest BCUT2D eigenvalue weighted by atomic mass is 10.1. The van der Waals surface area contributed by atoms with Crippen molar-refractivity contribution in [2.24, 2.45) is 7.05 Å². The van der Waals surface area contributed by atoms with Gasteiger partial charge in [-0.3, -0.25) is 9.36 Å². The zero-order valence-electron chi connectivity index (χ0n) is 23.5. The Balaban J connectivity index is 1.66. The molecule has 1 atom stereocenters. The zero-order chi connectivity index (χ0) is 27.4. The molecule has 1 aromatic carbocycles. The first-order chi connectivity index (χ1) is 18.0. The number of nitrogens with zero attached hydrogens (tertiary/aromatic N) is 5. The molecule has 0 aliphatic carbocycles. The smallest absolute Gasteiger partial charge is 0.407 e. The number of piperidine rings is 1. The summed E-state index contributed by atoms with van der Waals surface area (Å²) in [5, 5.41) is 3.01. The number of imidazole rings is 1. The summed E-state index contributed by atoms with van der Waals surface area (Å²) in [5.41, 5.74) is 2.68. The minimum absolute atomic E-state index is 0.0764. The standard InChI is InChI=1S/C29H40N6O3/c1-20(2)16-18-35-24-25(31-23(33(6)26(24)36)15-14-21-11-8-7-9-12-21)32-27(35)34-17-10-13-22(19-34)30-28(37)38-29(3,4)5/h7-9,11-12,16,22H,10,13-15,17-19H2,1-6H3,(H,30,37). The Morgan fingerprint density at radius 2 is 1.89 bits per heavy atom. The molecule has 4 rings (SSSR count). The number of rotatable bonds is 7. The number of alkyl carbamates (subject to hydrolysis) is 1. The van der Waals surface area contributed by atoms with E-state index in [1.165, 1.54) is 5.56 Å². The van der Waals surface area contributed by atoms with Crippen LogP contribution in [0.15, 0.2) is 46.8 Å². The number of hydrogen-bond acceptors (Lipinski definition) is 6. The van der Waals surface area contributed by atoms with E-state index in [1.807, 2.05) is 57.4 Å². The highest BCUT2D eigenvalue weighted by Crippen LogP contribution is 2.24. The Labute approximate surface area is 224 Å². The van der Waals surface area contributed by atoms with Crippen molar-refractivity contribution in [1.29, 1.82) is 0 Å². The number of nitrogens with one attached hydrogen (secondary N) is 1. The molecule has 1 unspecified atom stereocenters. The molecule has 9 nitrogen and oxygen atoms in total. The van der Waals surface area contributed by atoms with E-state index in [4.69, 9.17) is 14.7 Å². The van der Waals surface area contributed by atoms with Gasteiger partial charge in [0, 0.05) is 39.1 Å². The van der Waals surface area contributed by atoms with Crippen LogP contribution in [0.25, 0.3) is 11.2 Å². The van der Waals surface area contributed by atoms with Crippen LogP contribution in [0.3, 0.4) is 0 Å². The van der Waals surface area contributed by atoms with Crippen molar-refractivity contribution in [1.82, 2.24) is 24.4 Å². The van der Waals surface area contributed by atoms with Gasteiger partial charge in [-0.1, -0.05) is 42.0 Å². The Kier molecular flexibility index (Phi) is 8.23. The van der Waals surface area contributed by atoms with Gasteiger partial charge >= 0.3 is 6.09 Å². The number of anilines is 1. The molecule has 1 aliphatic rings. The second-order valence-corrected chi connectivity index (χ2v) is 11.3. The van der Waals surface area contributed by atoms with Crippen molar-refractivity contribution in [2.45, 2.75) is 78.5 Å². The van der Waals surface area contributed by atoms with Gasteiger partial charge in [0.05, 0.1) is 0 Å². The number of fused-ring (bicyclic) bond motifs is 1. The van der Waals surface area contributed by atoms with Gasteiger partial charge in [0.2, 0.25) is 5.95 Å². The van der Waals surface area contributed by atoms with E-state index in [2.05, 4.69) is 28.4 Å². The van der Waals surface area contributed by atoms with Crippen LogP contribution in [0.4, 0.5) is 10.7 Å². The summed E-state index contributed by atoms with van der Waals surface area (Å²) in [4.78, 5) is 37.9. The molecule has 0 saturated carbocycles. The molecule has 0 radical (unpaired) electrons. The van der Waals surface area contributed by atoms with Crippen LogP contribution in [0.5, 0.6) is 0 Å². The lowest BCUT2D eigenvalue weighted by molar-refractivity contribution is 0.0499. The number of aryl methyl sites for hydroxylation is 2. The van der Waals surface area contributed by atoms with Crippen LogP contribution in [0.2, 0.25) is 0 Å². The van der Waals surface area contributed by atoms with E-state index in [0.29, 0.717) is 42.4 Å². The van der Waals surface area contributed by atoms with Gasteiger partial charge in [0.15, 0.2) is 11.2 Å². The third-order valence-corrected chi connectivity index (χ3v) is 6.65. The summed E-state index contributed by atoms with van der Waals surface area (Å²) < 4.78 is 9.08. The molecule has 1 fully saturated rings. The first kappa shape index (κ1) is 27.4. The topological polar surface area (TPSA) is 94.3 Å². The summed E-state index contributed by atoms with van der Waals surface area (Å²) in [6.07, 6.45) is 4.86. The summed E-state index contributed by atoms with van der Waals surface area (Å²) in [6.45, 7) is 11.5. The van der Waals surface area contributed by atoms with E-state index in [-0.39, 0.29) is 11.6 Å². The number of allylic oxidation sites excluding steroid dienone is 2. The third kappa shape index (κ3) is 6.62. The van der Waals surface area contributed by atoms with Crippen LogP contribution in [0.1, 0.15) is 58.8 Å². The van der Waals surface area contributed by atoms with Gasteiger partial charge in [-0.05, 0) is 59.4 Å². The predicted octanol–water partition coefficient (Wildman–Crippen LogP) is 4.37. The quantitative estimate of drug-likeness (QED) is 0.465. The minimum atomic E-state index is -0.555. The normalized spacial score (nSPS) is 15.9. The maximum Gasteiger partial charge on any atom is 0.407 e. The van der Waals surface area contributed by atoms with Crippen molar-refractivity contribution in [2.75, 3.05) is 18.0 Å². The monoisotopic (exact) mass is 520 g/mol. The first-order valence-electron chi connectivity index (χ1n) is 13.4. The fraction of sp³-hybridized carbons (Fsp3) is 0.517. The molecule has 3 heterocycles. The maximum absolute atomic E-state index is 13.6. The highest BCUT2D eigenvalue weighted by molar-refractivity contribution is 5.74. The van der Waals surface area contributed by atoms with Gasteiger partial charge < -0.3 is 19.5 Å². The Morgan fingerprint density at radius 3 is 2.58 bits per heavy atom. The van der Waals surface area contributed by atoms with Crippen molar-refractivity contribution in [3.05, 3.63) is 63.7 Å². The van der Waals surface area contributed by atoms with Gasteiger partial charge in [0.1, 0.15) is 11.4 Å². The summed E-state index contributed by atoms with van der Waals surface area (Å²) in [7, 11) is 1.79. The van der Waals surface area contributed by atoms with Gasteiger partial charge in [-0.25, -0.2) is 9.78 Å². The highest BCUT2D eigenvalue weighted by Gasteiger charge is 2.28. The molecule has 38 heavy (non-hydrogen) atoms. The number of ether oxygens (including phenoxy) is 1. The summed E-state index contributed by atoms with van der Waals surface area (Å²) in [5.74, 6) is 1.42. The van der Waals surface area contributed by atoms with E-state index < -0.39 is 11.7 Å². The predicted molar refractivity (Wildman–Crippen MR) is 151 cm³/mol. The average Bonchev–Trinajstić information content (AvgIpc) is 3.22. The van der Waals surface area contributed by atoms with Crippen LogP contribution in [-0.2, 0) is 31.2 Å². The summed E-state index contributed by atoms with van der Waals surface area (Å²) >= 11 is 0. The zero-order valence-corrected chi connectivity index (χ0v) is 23.5. The maximum atomic E-state index is 13.6. The fourth-order valence-corrected chi connectivity index (χ4v) is 4.75. The molecular weight excluding hydrogens is 480 g/mol. The van der Waals surface area contributed by atoms with E-state index in [1.54, 1.807) is 11.6 Å². The molecular formula is C29H40N6O3. The Bertz CT molecular complexity index is 1360. The molecule has 1 amide bonds. The SMILES string of the molecule is CC(C)=CCn1c(N2CCCC(NC(=O)OC(C)(C)C)C2)nc2nc(CCc3ccccc3)n(C)c(=O)c21. The molecule has 0 spiro atoms. The third-order valence-electron chi connectivity index (χ3n) is 6.65. The van der Waals surface area contributed by atoms with Crippen LogP contribution in [-0.4, -0.2) is 49.9 Å². The van der Waals surface area contributed by atoms with Crippen molar-refractivity contribution < 1.29 is 9.53 Å². The number of carbonyl (C=O) groups is 1. The van der Waals surface area contributed by atoms with Crippen LogP contribution < -0.4 is 15.8 Å². The highest BCUT2D eigenvalue weighted by atomic mass is 16.6. The van der Waals surface area contributed by atoms with E-state index in [9.17, 15) is 9.59 Å². The van der Waals surface area contributed by atoms with Crippen LogP contribution in [0, 0.1) is 0 Å². The molecule has 3 aromatic rings. The number of aromatic nitrogens is 4. The number of amides is 1. The largest absolute Gasteiger partial charge is 0.444 e. The number of carbonyl (C=O) groups excluding carboxylic acids is 1. The lowest BCUT2D eigenvalue weighted by Gasteiger charge is -2.34. The first-order valence-corrected chi connectivity index (χ1v) is 13.4. The molecule has 2 aromatic heterocycles. The van der Waals surface area contributed by atoms with E-state index in [0.717, 1.165) is 31.4 Å². The van der Waals surface area contributed by atoms with Crippen molar-refractivity contribution in [3.63, 3.8) is 0 Å². The average molecular weight is 521 g/mol. The molecule has 204 valence electrons. The number of hydrogen-bond donors (Lipinski definition) is 1. The Morgan fingerprint density at radius 1 is 1.16 bits per heavy atom. The van der Waals surface area contributed by atoms with E-state index >= 15 is 0 Å². The molecule has 0 bridgehead atoms. The van der Waals surface area contributed by atoms with Crippen LogP contribution >= 0.6 is 0 Å². The number of benzene rings is 1. The Hall–Kier alpha value is -3.62. The fourth-order valence-electron chi connectivity index (χ4n) is 4.75. The van der Waals surface area contributed by atoms with Gasteiger partial charge in [-0.2, -0.15) is 4.98 Å². The van der Waals surface area contributed by atoms with Crippen molar-refractivity contribution in [3.8, 4) is 0 Å². The van der Waals surface area contributed by atoms with Gasteiger partial charge in [0.25, 0.3) is 5.56 Å². The van der Waals surface area contributed by atoms with Gasteiger partial charge in [-0.15, -0.1) is 0 Å². The molecule has 1 N–H and O–H groups in total. The second-order valence-electron chi connectivity index (χ2n) is 11.3. The summed E-state index contributed by atoms with van der Waals surface area (Å²) in [6, 6.07) is 10.1. The molecule has 1 saturated heterocycles. The molecule has 1 aliphatic heterocycles.